The third-order valence-corrected chi connectivity index (χ3v) is 20.3. The number of hydrogen-bond donors (Lipinski definition) is 6. The Labute approximate surface area is 592 Å². The number of aliphatic hydroxyl groups is 1. The summed E-state index contributed by atoms with van der Waals surface area (Å²) in [5.41, 5.74) is 0.365. The molecule has 1 saturated carbocycles. The van der Waals surface area contributed by atoms with E-state index in [1.807, 2.05) is 13.8 Å². The number of imide groups is 1. The van der Waals surface area contributed by atoms with Gasteiger partial charge in [-0.25, -0.2) is 24.3 Å². The van der Waals surface area contributed by atoms with Gasteiger partial charge in [0.05, 0.1) is 77.9 Å². The first kappa shape index (κ1) is 78.0. The Kier molecular flexibility index (Phi) is 28.9. The molecular weight excluding hydrogens is 1400 g/mol. The van der Waals surface area contributed by atoms with E-state index in [-0.39, 0.29) is 137 Å². The number of fused-ring (bicyclic) bond motifs is 4. The number of carbonyl (C=O) groups excluding carboxylic acids is 7. The average Bonchev–Trinajstić information content (AvgIpc) is 1.61. The van der Waals surface area contributed by atoms with Crippen LogP contribution in [0.2, 0.25) is 0 Å². The van der Waals surface area contributed by atoms with Crippen LogP contribution in [0.25, 0.3) is 11.2 Å². The van der Waals surface area contributed by atoms with Crippen LogP contribution in [0, 0.1) is 17.8 Å². The highest BCUT2D eigenvalue weighted by Crippen LogP contribution is 2.59. The van der Waals surface area contributed by atoms with Gasteiger partial charge >= 0.3 is 19.6 Å². The molecule has 2 saturated heterocycles. The molecule has 1 aliphatic carbocycles. The monoisotopic (exact) mass is 1480 g/mol. The number of imidazole rings is 1. The number of unbranched alkanes of at least 4 members (excludes halogenated alkanes) is 2. The Hall–Kier alpha value is -7.11. The number of methoxy groups -OCH3 is 1. The van der Waals surface area contributed by atoms with E-state index in [2.05, 4.69) is 47.8 Å². The number of aromatic amines is 1. The Balaban J connectivity index is 0.820. The lowest BCUT2D eigenvalue weighted by Crippen LogP contribution is -2.44. The zero-order valence-electron chi connectivity index (χ0n) is 56.1. The number of benzene rings is 2. The van der Waals surface area contributed by atoms with E-state index < -0.39 is 98.2 Å². The molecule has 3 aliphatic heterocycles. The summed E-state index contributed by atoms with van der Waals surface area (Å²) in [7, 11) is 1.58. The van der Waals surface area contributed by atoms with Crippen molar-refractivity contribution in [1.29, 1.82) is 0 Å². The van der Waals surface area contributed by atoms with Crippen LogP contribution in [0.3, 0.4) is 0 Å². The van der Waals surface area contributed by atoms with Crippen molar-refractivity contribution in [2.24, 2.45) is 17.8 Å². The molecule has 3 aromatic heterocycles. The molecule has 4 aliphatic rings. The van der Waals surface area contributed by atoms with Crippen molar-refractivity contribution in [2.75, 3.05) is 85.0 Å². The SMILES string of the molecule is COCCOCCOCCOCCN(Cc1ccccc1C(=O)Nc1nc2c(ncn2[C@@H]2O[C@@H]3COP(O)(=S)O[C@H]4C[C@H](Oc5ccncn5)C[C@@H]4COP(=O)(S)O[C@@H]2[C@@H]3O)c(=O)[nH]1)C(=O)OCc1ccc(CC(=O)[C@H](C)NC(=O)[C@@H](CC(=O)CCCCCN2C(=O)C=CC2=O)C(C)C)cc1. The van der Waals surface area contributed by atoms with Gasteiger partial charge < -0.3 is 66.9 Å². The van der Waals surface area contributed by atoms with Crippen LogP contribution < -0.4 is 20.9 Å². The Morgan fingerprint density at radius 1 is 0.861 bits per heavy atom. The Morgan fingerprint density at radius 2 is 1.57 bits per heavy atom. The molecule has 0 spiro atoms. The fourth-order valence-corrected chi connectivity index (χ4v) is 14.6. The smallest absolute Gasteiger partial charge is 0.410 e. The number of H-pyrrole nitrogens is 1. The highest BCUT2D eigenvalue weighted by atomic mass is 32.7. The number of anilines is 1. The minimum absolute atomic E-state index is 0.00156. The number of hydrogen-bond acceptors (Lipinski definition) is 26. The number of aliphatic hydroxyl groups excluding tert-OH is 1. The molecule has 32 nitrogen and oxygen atoms in total. The highest BCUT2D eigenvalue weighted by Gasteiger charge is 2.51. The minimum Gasteiger partial charge on any atom is -0.474 e. The highest BCUT2D eigenvalue weighted by molar-refractivity contribution is 8.44. The lowest BCUT2D eigenvalue weighted by Gasteiger charge is -2.27. The van der Waals surface area contributed by atoms with Crippen LogP contribution in [0.4, 0.5) is 10.7 Å². The number of rotatable bonds is 35. The summed E-state index contributed by atoms with van der Waals surface area (Å²) in [6.45, 7) is -2.22. The molecule has 3 fully saturated rings. The Morgan fingerprint density at radius 3 is 2.29 bits per heavy atom. The van der Waals surface area contributed by atoms with Crippen LogP contribution in [-0.2, 0) is 106 Å². The molecule has 5 amide bonds. The molecule has 101 heavy (non-hydrogen) atoms. The van der Waals surface area contributed by atoms with Crippen LogP contribution >= 0.6 is 25.8 Å². The summed E-state index contributed by atoms with van der Waals surface area (Å²) in [6, 6.07) is 13.9. The zero-order chi connectivity index (χ0) is 72.2. The first-order chi connectivity index (χ1) is 48.4. The fraction of sp³-hybridized carbons (Fsp3) is 0.538. The number of thiol groups is 1. The molecule has 9 rings (SSSR count). The van der Waals surface area contributed by atoms with Crippen LogP contribution in [0.5, 0.6) is 5.88 Å². The van der Waals surface area contributed by atoms with Crippen molar-refractivity contribution < 1.29 is 99.4 Å². The summed E-state index contributed by atoms with van der Waals surface area (Å²) in [4.78, 5) is 139. The lowest BCUT2D eigenvalue weighted by molar-refractivity contribution is -0.137. The van der Waals surface area contributed by atoms with Gasteiger partial charge in [0.1, 0.15) is 43.1 Å². The standard InChI is InChI=1S/C65H84N10O22P2S2/c1-40(2)49(32-46(76)11-6-5-9-21-74-54(78)17-18-55(74)79)61(82)69-41(3)50(77)30-42-13-15-43(16-14-42)35-91-65(84)73(22-23-88-26-27-90-29-28-89-25-24-87-4)34-44-10-7-8-12-48(44)60(81)71-64-70-59-56(62(83)72-64)68-39-75(59)63-58-57(80)52(95-63)37-93-98(85,100)96-51-33-47(94-53-19-20-66-38-67-53)31-45(51)36-92-99(86,101)97-58/h7-8,10,12-20,38-41,45,47,49,51-52,57-58,63,80H,5-6,9,11,21-37H2,1-4H3,(H,69,82)(H,85,100)(H,86,101)(H2,70,71,72,81,83)/t41-,45+,47+,49-,51-,52+,57+,58+,63+,98?,99?/m0/s1. The average molecular weight is 1480 g/mol. The molecule has 548 valence electrons. The molecule has 2 unspecified atom stereocenters. The molecule has 2 aromatic carbocycles. The molecule has 11 atom stereocenters. The number of ketones is 2. The fourth-order valence-electron chi connectivity index (χ4n) is 11.6. The van der Waals surface area contributed by atoms with E-state index in [1.165, 1.54) is 40.2 Å². The molecule has 0 radical (unpaired) electrons. The van der Waals surface area contributed by atoms with Gasteiger partial charge in [0, 0.05) is 94.2 Å². The van der Waals surface area contributed by atoms with E-state index >= 15 is 0 Å². The summed E-state index contributed by atoms with van der Waals surface area (Å²) in [6.07, 6.45) is 0.762. The number of Topliss-reactive ketones (excluding diaryl/α,β-unsaturated/α-hetero) is 2. The van der Waals surface area contributed by atoms with E-state index in [4.69, 9.17) is 63.1 Å². The number of nitrogens with one attached hydrogen (secondary N) is 3. The number of amides is 5. The Bertz CT molecular complexity index is 3860. The quantitative estimate of drug-likeness (QED) is 0.0126. The van der Waals surface area contributed by atoms with Crippen LogP contribution in [0.1, 0.15) is 99.0 Å². The van der Waals surface area contributed by atoms with Crippen molar-refractivity contribution in [2.45, 2.75) is 128 Å². The van der Waals surface area contributed by atoms with Crippen molar-refractivity contribution in [1.82, 2.24) is 44.6 Å². The van der Waals surface area contributed by atoms with Gasteiger partial charge in [-0.15, -0.1) is 0 Å². The van der Waals surface area contributed by atoms with Gasteiger partial charge in [-0.05, 0) is 66.7 Å². The number of aromatic nitrogens is 6. The third kappa shape index (κ3) is 22.7. The molecular formula is C65H84N10O22P2S2. The maximum absolute atomic E-state index is 14.4. The third-order valence-electron chi connectivity index (χ3n) is 17.1. The summed E-state index contributed by atoms with van der Waals surface area (Å²) < 4.78 is 78.7. The van der Waals surface area contributed by atoms with Crippen molar-refractivity contribution in [3.8, 4) is 5.88 Å². The van der Waals surface area contributed by atoms with E-state index in [9.17, 15) is 52.9 Å². The van der Waals surface area contributed by atoms with Crippen LogP contribution in [0.15, 0.2) is 90.4 Å². The molecule has 5 N–H and O–H groups in total. The zero-order valence-corrected chi connectivity index (χ0v) is 59.6. The summed E-state index contributed by atoms with van der Waals surface area (Å²) in [5.74, 6) is -3.75. The van der Waals surface area contributed by atoms with Gasteiger partial charge in [-0.3, -0.25) is 57.9 Å². The maximum atomic E-state index is 14.4. The van der Waals surface area contributed by atoms with Gasteiger partial charge in [0.2, 0.25) is 17.7 Å². The first-order valence-corrected chi connectivity index (χ1v) is 38.3. The minimum atomic E-state index is -4.40. The van der Waals surface area contributed by atoms with Gasteiger partial charge in [-0.2, -0.15) is 4.98 Å². The normalized spacial score (nSPS) is 23.6. The first-order valence-electron chi connectivity index (χ1n) is 33.0. The van der Waals surface area contributed by atoms with Crippen molar-refractivity contribution in [3.05, 3.63) is 118 Å². The van der Waals surface area contributed by atoms with Crippen LogP contribution in [-0.4, -0.2) is 207 Å². The largest absolute Gasteiger partial charge is 0.474 e. The topological polar surface area (TPSA) is 398 Å². The second-order valence-electron chi connectivity index (χ2n) is 24.7. The predicted octanol–water partition coefficient (Wildman–Crippen LogP) is 5.52. The lowest BCUT2D eigenvalue weighted by atomic mass is 9.88. The summed E-state index contributed by atoms with van der Waals surface area (Å²) in [5, 5.41) is 17.1. The van der Waals surface area contributed by atoms with E-state index in [1.54, 1.807) is 62.6 Å². The number of carbonyl (C=O) groups is 7. The van der Waals surface area contributed by atoms with Crippen molar-refractivity contribution in [3.63, 3.8) is 0 Å². The number of ether oxygens (including phenoxy) is 7. The summed E-state index contributed by atoms with van der Waals surface area (Å²) >= 11 is 9.67. The molecule has 6 heterocycles. The van der Waals surface area contributed by atoms with E-state index in [0.29, 0.717) is 68.3 Å². The molecule has 2 bridgehead atoms. The number of nitrogens with zero attached hydrogens (tertiary/aromatic N) is 7. The van der Waals surface area contributed by atoms with E-state index in [0.717, 1.165) is 11.2 Å². The molecule has 5 aromatic rings. The van der Waals surface area contributed by atoms with Crippen molar-refractivity contribution >= 4 is 96.0 Å². The second-order valence-corrected chi connectivity index (χ2v) is 30.4. The maximum Gasteiger partial charge on any atom is 0.410 e. The van der Waals surface area contributed by atoms with Gasteiger partial charge in [0.15, 0.2) is 23.2 Å². The predicted molar refractivity (Wildman–Crippen MR) is 366 cm³/mol. The second kappa shape index (κ2) is 37.4. The van der Waals surface area contributed by atoms with Gasteiger partial charge in [0.25, 0.3) is 23.3 Å². The van der Waals surface area contributed by atoms with Gasteiger partial charge in [-0.1, -0.05) is 75.0 Å². The molecule has 36 heteroatoms.